The van der Waals surface area contributed by atoms with Gasteiger partial charge in [-0.1, -0.05) is 36.6 Å². The Labute approximate surface area is 238 Å². The molecule has 0 aromatic heterocycles. The number of carbonyl (C=O) groups excluding carboxylic acids is 1. The van der Waals surface area contributed by atoms with Gasteiger partial charge in [0.25, 0.3) is 0 Å². The highest BCUT2D eigenvalue weighted by Crippen LogP contribution is 2.36. The molecule has 4 fully saturated rings. The molecule has 1 aromatic carbocycles. The highest BCUT2D eigenvalue weighted by atomic mass is 35.5. The van der Waals surface area contributed by atoms with Crippen LogP contribution >= 0.6 is 11.6 Å². The number of hydrogen-bond acceptors (Lipinski definition) is 6. The zero-order chi connectivity index (χ0) is 27.4. The van der Waals surface area contributed by atoms with Crippen molar-refractivity contribution < 1.29 is 17.9 Å². The van der Waals surface area contributed by atoms with E-state index in [1.165, 1.54) is 0 Å². The van der Waals surface area contributed by atoms with E-state index in [0.717, 1.165) is 69.8 Å². The Bertz CT molecular complexity index is 1070. The Balaban J connectivity index is 1.24. The van der Waals surface area contributed by atoms with Gasteiger partial charge >= 0.3 is 0 Å². The summed E-state index contributed by atoms with van der Waals surface area (Å²) in [6.07, 6.45) is 9.37. The van der Waals surface area contributed by atoms with Crippen LogP contribution < -0.4 is 16.4 Å². The summed E-state index contributed by atoms with van der Waals surface area (Å²) in [5.74, 6) is 0.683. The molecule has 1 aromatic rings. The summed E-state index contributed by atoms with van der Waals surface area (Å²) in [7, 11) is -3.20. The molecule has 10 heteroatoms. The Morgan fingerprint density at radius 1 is 1.08 bits per heavy atom. The molecule has 1 aliphatic carbocycles. The van der Waals surface area contributed by atoms with E-state index in [4.69, 9.17) is 22.1 Å². The third-order valence-electron chi connectivity index (χ3n) is 9.59. The smallest absolute Gasteiger partial charge is 0.237 e. The lowest BCUT2D eigenvalue weighted by molar-refractivity contribution is -0.124. The molecule has 8 nitrogen and oxygen atoms in total. The second kappa shape index (κ2) is 13.2. The van der Waals surface area contributed by atoms with Crippen molar-refractivity contribution in [2.75, 3.05) is 32.1 Å². The van der Waals surface area contributed by atoms with Gasteiger partial charge in [0.15, 0.2) is 0 Å². The van der Waals surface area contributed by atoms with E-state index in [9.17, 15) is 13.2 Å². The van der Waals surface area contributed by atoms with Crippen molar-refractivity contribution in [2.45, 2.75) is 94.3 Å². The van der Waals surface area contributed by atoms with Gasteiger partial charge in [0.2, 0.25) is 15.9 Å². The van der Waals surface area contributed by atoms with E-state index in [-0.39, 0.29) is 41.6 Å². The summed E-state index contributed by atoms with van der Waals surface area (Å²) in [5, 5.41) is 7.61. The lowest BCUT2D eigenvalue weighted by Gasteiger charge is -2.40. The standard InChI is InChI=1S/C29H45ClN4O4S/c30-23-10-7-21(8-11-23)27(22-13-15-38-16-14-22)28(31)29(35)33-26-6-2-1-4-20(26)9-12-25-18-32-24-5-3-17-39(36,37)34(25)19-24/h7-8,10-11,20,22,24-28,32H,1-6,9,12-19,31H2,(H,33,35)/t20-,24-,25+,26+,27?,28?/m1/s1. The first-order valence-electron chi connectivity index (χ1n) is 14.9. The van der Waals surface area contributed by atoms with E-state index in [1.54, 1.807) is 4.31 Å². The number of rotatable bonds is 8. The van der Waals surface area contributed by atoms with Crippen LogP contribution in [0.25, 0.3) is 0 Å². The van der Waals surface area contributed by atoms with Crippen LogP contribution in [-0.2, 0) is 19.6 Å². The van der Waals surface area contributed by atoms with Gasteiger partial charge in [0.1, 0.15) is 0 Å². The van der Waals surface area contributed by atoms with Crippen molar-refractivity contribution in [1.82, 2.24) is 14.9 Å². The molecule has 3 unspecified atom stereocenters. The SMILES string of the molecule is NC(C(=O)N[C@H]1CCCC[C@@H]1CC[C@H]1CN[C@@H]2CCCS(=O)(=O)N1C2)C(c1ccc(Cl)cc1)C1CCOCC1. The molecule has 5 rings (SSSR count). The maximum absolute atomic E-state index is 13.7. The Morgan fingerprint density at radius 3 is 2.59 bits per heavy atom. The normalized spacial score (nSPS) is 33.0. The monoisotopic (exact) mass is 580 g/mol. The van der Waals surface area contributed by atoms with Crippen molar-refractivity contribution in [3.63, 3.8) is 0 Å². The fourth-order valence-electron chi connectivity index (χ4n) is 7.37. The molecule has 218 valence electrons. The zero-order valence-electron chi connectivity index (χ0n) is 22.9. The highest BCUT2D eigenvalue weighted by Gasteiger charge is 2.39. The minimum atomic E-state index is -3.20. The first kappa shape index (κ1) is 29.3. The second-order valence-electron chi connectivity index (χ2n) is 12.1. The minimum Gasteiger partial charge on any atom is -0.381 e. The number of nitrogens with one attached hydrogen (secondary N) is 2. The molecule has 0 spiro atoms. The molecule has 0 radical (unpaired) electrons. The summed E-state index contributed by atoms with van der Waals surface area (Å²) >= 11 is 6.16. The van der Waals surface area contributed by atoms with Crippen molar-refractivity contribution in [3.8, 4) is 0 Å². The molecule has 1 amide bonds. The van der Waals surface area contributed by atoms with Gasteiger partial charge in [-0.15, -0.1) is 0 Å². The molecule has 3 saturated heterocycles. The maximum Gasteiger partial charge on any atom is 0.237 e. The average molecular weight is 581 g/mol. The van der Waals surface area contributed by atoms with Crippen molar-refractivity contribution >= 4 is 27.5 Å². The topological polar surface area (TPSA) is 114 Å². The largest absolute Gasteiger partial charge is 0.381 e. The van der Waals surface area contributed by atoms with Gasteiger partial charge in [-0.05, 0) is 80.9 Å². The number of benzene rings is 1. The predicted molar refractivity (Wildman–Crippen MR) is 154 cm³/mol. The number of nitrogens with zero attached hydrogens (tertiary/aromatic N) is 1. The fraction of sp³-hybridized carbons (Fsp3) is 0.759. The van der Waals surface area contributed by atoms with Crippen LogP contribution in [0, 0.1) is 11.8 Å². The second-order valence-corrected chi connectivity index (χ2v) is 14.6. The van der Waals surface area contributed by atoms with Crippen LogP contribution in [0.4, 0.5) is 0 Å². The number of halogens is 1. The Morgan fingerprint density at radius 2 is 1.82 bits per heavy atom. The number of amides is 1. The van der Waals surface area contributed by atoms with Crippen molar-refractivity contribution in [1.29, 1.82) is 0 Å². The first-order chi connectivity index (χ1) is 18.8. The number of piperazine rings is 1. The minimum absolute atomic E-state index is 0.00677. The van der Waals surface area contributed by atoms with Gasteiger partial charge in [-0.3, -0.25) is 4.79 Å². The number of carbonyl (C=O) groups is 1. The molecular formula is C29H45ClN4O4S. The van der Waals surface area contributed by atoms with Crippen LogP contribution in [0.2, 0.25) is 5.02 Å². The van der Waals surface area contributed by atoms with E-state index < -0.39 is 16.1 Å². The number of hydrogen-bond donors (Lipinski definition) is 3. The Hall–Kier alpha value is -1.23. The van der Waals surface area contributed by atoms with E-state index in [2.05, 4.69) is 10.6 Å². The number of fused-ring (bicyclic) bond motifs is 2. The lowest BCUT2D eigenvalue weighted by atomic mass is 9.76. The lowest BCUT2D eigenvalue weighted by Crippen LogP contribution is -2.57. The van der Waals surface area contributed by atoms with Gasteiger partial charge in [0, 0.05) is 55.4 Å². The van der Waals surface area contributed by atoms with E-state index in [1.807, 2.05) is 24.3 Å². The molecule has 1 saturated carbocycles. The maximum atomic E-state index is 13.7. The molecule has 39 heavy (non-hydrogen) atoms. The van der Waals surface area contributed by atoms with Crippen LogP contribution in [0.5, 0.6) is 0 Å². The molecule has 2 bridgehead atoms. The molecular weight excluding hydrogens is 536 g/mol. The third kappa shape index (κ3) is 7.16. The average Bonchev–Trinajstić information content (AvgIpc) is 3.06. The number of nitrogens with two attached hydrogens (primary N) is 1. The molecule has 3 aliphatic heterocycles. The summed E-state index contributed by atoms with van der Waals surface area (Å²) in [6.45, 7) is 2.69. The van der Waals surface area contributed by atoms with Gasteiger partial charge in [-0.2, -0.15) is 4.31 Å². The summed E-state index contributed by atoms with van der Waals surface area (Å²) in [5.41, 5.74) is 7.80. The van der Waals surface area contributed by atoms with E-state index >= 15 is 0 Å². The first-order valence-corrected chi connectivity index (χ1v) is 16.9. The highest BCUT2D eigenvalue weighted by molar-refractivity contribution is 7.89. The van der Waals surface area contributed by atoms with Gasteiger partial charge in [-0.25, -0.2) is 8.42 Å². The molecule has 3 heterocycles. The van der Waals surface area contributed by atoms with Crippen LogP contribution in [0.1, 0.15) is 75.7 Å². The molecule has 7 atom stereocenters. The quantitative estimate of drug-likeness (QED) is 0.434. The van der Waals surface area contributed by atoms with Crippen LogP contribution in [-0.4, -0.2) is 74.9 Å². The molecule has 4 aliphatic rings. The summed E-state index contributed by atoms with van der Waals surface area (Å²) < 4.78 is 33.2. The fourth-order valence-corrected chi connectivity index (χ4v) is 9.30. The predicted octanol–water partition coefficient (Wildman–Crippen LogP) is 3.40. The Kier molecular flexibility index (Phi) is 9.88. The van der Waals surface area contributed by atoms with Crippen molar-refractivity contribution in [2.24, 2.45) is 17.6 Å². The summed E-state index contributed by atoms with van der Waals surface area (Å²) in [6, 6.07) is 7.42. The van der Waals surface area contributed by atoms with Gasteiger partial charge in [0.05, 0.1) is 11.8 Å². The number of sulfonamides is 1. The van der Waals surface area contributed by atoms with Crippen LogP contribution in [0.15, 0.2) is 24.3 Å². The van der Waals surface area contributed by atoms with E-state index in [0.29, 0.717) is 37.2 Å². The number of ether oxygens (including phenoxy) is 1. The van der Waals surface area contributed by atoms with Crippen molar-refractivity contribution in [3.05, 3.63) is 34.9 Å². The van der Waals surface area contributed by atoms with Gasteiger partial charge < -0.3 is 21.1 Å². The van der Waals surface area contributed by atoms with Crippen LogP contribution in [0.3, 0.4) is 0 Å². The third-order valence-corrected chi connectivity index (χ3v) is 11.8. The molecule has 4 N–H and O–H groups in total. The zero-order valence-corrected chi connectivity index (χ0v) is 24.5. The summed E-state index contributed by atoms with van der Waals surface area (Å²) in [4.78, 5) is 13.7.